The summed E-state index contributed by atoms with van der Waals surface area (Å²) < 4.78 is 10.8. The number of benzene rings is 1. The Bertz CT molecular complexity index is 671. The van der Waals surface area contributed by atoms with Gasteiger partial charge in [0.2, 0.25) is 5.91 Å². The molecule has 3 rings (SSSR count). The summed E-state index contributed by atoms with van der Waals surface area (Å²) in [4.78, 5) is 14.2. The lowest BCUT2D eigenvalue weighted by atomic mass is 10.1. The smallest absolute Gasteiger partial charge is 0.228 e. The number of aromatic nitrogens is 1. The number of ether oxygens (including phenoxy) is 1. The van der Waals surface area contributed by atoms with Gasteiger partial charge in [-0.25, -0.2) is 0 Å². The van der Waals surface area contributed by atoms with Crippen molar-refractivity contribution in [1.82, 2.24) is 10.1 Å². The van der Waals surface area contributed by atoms with Crippen LogP contribution in [0.25, 0.3) is 0 Å². The summed E-state index contributed by atoms with van der Waals surface area (Å²) in [6.45, 7) is 3.39. The molecule has 1 aliphatic rings. The molecule has 0 saturated carbocycles. The van der Waals surface area contributed by atoms with Crippen molar-refractivity contribution >= 4 is 17.5 Å². The molecule has 2 aromatic rings. The first-order valence-corrected chi connectivity index (χ1v) is 7.57. The monoisotopic (exact) mass is 320 g/mol. The average molecular weight is 321 g/mol. The summed E-state index contributed by atoms with van der Waals surface area (Å²) >= 11 is 6.21. The van der Waals surface area contributed by atoms with Gasteiger partial charge in [-0.3, -0.25) is 4.79 Å². The lowest BCUT2D eigenvalue weighted by molar-refractivity contribution is -0.138. The van der Waals surface area contributed by atoms with Crippen molar-refractivity contribution in [1.29, 1.82) is 0 Å². The maximum atomic E-state index is 12.4. The fourth-order valence-electron chi connectivity index (χ4n) is 2.57. The summed E-state index contributed by atoms with van der Waals surface area (Å²) in [6.07, 6.45) is 0.0532. The van der Waals surface area contributed by atoms with Crippen LogP contribution in [-0.2, 0) is 16.0 Å². The molecule has 1 fully saturated rings. The maximum Gasteiger partial charge on any atom is 0.228 e. The maximum absolute atomic E-state index is 12.4. The Kier molecular flexibility index (Phi) is 4.45. The molecule has 0 spiro atoms. The van der Waals surface area contributed by atoms with Gasteiger partial charge in [0, 0.05) is 23.2 Å². The highest BCUT2D eigenvalue weighted by Gasteiger charge is 2.27. The van der Waals surface area contributed by atoms with Gasteiger partial charge in [-0.1, -0.05) is 35.0 Å². The van der Waals surface area contributed by atoms with Crippen molar-refractivity contribution in [3.63, 3.8) is 0 Å². The van der Waals surface area contributed by atoms with Gasteiger partial charge < -0.3 is 14.2 Å². The quantitative estimate of drug-likeness (QED) is 0.872. The predicted octanol–water partition coefficient (Wildman–Crippen LogP) is 2.78. The van der Waals surface area contributed by atoms with Crippen molar-refractivity contribution in [2.75, 3.05) is 19.7 Å². The van der Waals surface area contributed by atoms with E-state index in [0.29, 0.717) is 36.2 Å². The van der Waals surface area contributed by atoms with E-state index in [4.69, 9.17) is 20.9 Å². The van der Waals surface area contributed by atoms with Crippen LogP contribution in [0, 0.1) is 6.92 Å². The SMILES string of the molecule is Cc1cc(CC(=O)N2CCOC(c3ccccc3Cl)C2)no1. The van der Waals surface area contributed by atoms with Crippen LogP contribution in [0.1, 0.15) is 23.1 Å². The van der Waals surface area contributed by atoms with E-state index in [1.807, 2.05) is 31.2 Å². The number of morpholine rings is 1. The molecule has 1 amide bonds. The Morgan fingerprint density at radius 1 is 1.45 bits per heavy atom. The molecule has 1 aromatic carbocycles. The van der Waals surface area contributed by atoms with Crippen molar-refractivity contribution < 1.29 is 14.1 Å². The summed E-state index contributed by atoms with van der Waals surface area (Å²) in [5.41, 5.74) is 1.57. The second-order valence-corrected chi connectivity index (χ2v) is 5.73. The lowest BCUT2D eigenvalue weighted by Crippen LogP contribution is -2.43. The first kappa shape index (κ1) is 15.1. The standard InChI is InChI=1S/C16H17ClN2O3/c1-11-8-12(18-22-11)9-16(20)19-6-7-21-15(10-19)13-4-2-3-5-14(13)17/h2-5,8,15H,6-7,9-10H2,1H3. The third-order valence-corrected chi connectivity index (χ3v) is 4.02. The molecule has 2 heterocycles. The van der Waals surface area contributed by atoms with E-state index < -0.39 is 0 Å². The van der Waals surface area contributed by atoms with Crippen LogP contribution >= 0.6 is 11.6 Å². The van der Waals surface area contributed by atoms with E-state index in [0.717, 1.165) is 5.56 Å². The molecular weight excluding hydrogens is 304 g/mol. The highest BCUT2D eigenvalue weighted by molar-refractivity contribution is 6.31. The fourth-order valence-corrected chi connectivity index (χ4v) is 2.83. The van der Waals surface area contributed by atoms with E-state index in [9.17, 15) is 4.79 Å². The third kappa shape index (κ3) is 3.31. The molecule has 0 aliphatic carbocycles. The average Bonchev–Trinajstić information content (AvgIpc) is 2.93. The van der Waals surface area contributed by atoms with Gasteiger partial charge in [0.1, 0.15) is 11.9 Å². The second-order valence-electron chi connectivity index (χ2n) is 5.33. The Labute approximate surface area is 133 Å². The zero-order chi connectivity index (χ0) is 15.5. The fraction of sp³-hybridized carbons (Fsp3) is 0.375. The van der Waals surface area contributed by atoms with Gasteiger partial charge in [0.25, 0.3) is 0 Å². The number of carbonyl (C=O) groups is 1. The van der Waals surface area contributed by atoms with Gasteiger partial charge in [-0.2, -0.15) is 0 Å². The zero-order valence-electron chi connectivity index (χ0n) is 12.3. The largest absolute Gasteiger partial charge is 0.370 e. The van der Waals surface area contributed by atoms with Gasteiger partial charge in [0.05, 0.1) is 25.3 Å². The molecular formula is C16H17ClN2O3. The Balaban J connectivity index is 1.67. The van der Waals surface area contributed by atoms with Crippen LogP contribution in [0.15, 0.2) is 34.9 Å². The highest BCUT2D eigenvalue weighted by atomic mass is 35.5. The minimum absolute atomic E-state index is 0.0219. The normalized spacial score (nSPS) is 18.5. The summed E-state index contributed by atoms with van der Waals surface area (Å²) in [6, 6.07) is 9.35. The van der Waals surface area contributed by atoms with Crippen LogP contribution in [-0.4, -0.2) is 35.7 Å². The van der Waals surface area contributed by atoms with E-state index in [1.165, 1.54) is 0 Å². The Morgan fingerprint density at radius 2 is 2.27 bits per heavy atom. The number of nitrogens with zero attached hydrogens (tertiary/aromatic N) is 2. The van der Waals surface area contributed by atoms with Crippen LogP contribution in [0.2, 0.25) is 5.02 Å². The van der Waals surface area contributed by atoms with E-state index in [-0.39, 0.29) is 18.4 Å². The second kappa shape index (κ2) is 6.50. The molecule has 0 bridgehead atoms. The molecule has 0 N–H and O–H groups in total. The van der Waals surface area contributed by atoms with E-state index in [2.05, 4.69) is 5.16 Å². The van der Waals surface area contributed by atoms with Crippen molar-refractivity contribution in [3.8, 4) is 0 Å². The summed E-state index contributed by atoms with van der Waals surface area (Å²) in [7, 11) is 0. The molecule has 5 nitrogen and oxygen atoms in total. The first-order valence-electron chi connectivity index (χ1n) is 7.19. The molecule has 1 atom stereocenters. The number of carbonyl (C=O) groups excluding carboxylic acids is 1. The predicted molar refractivity (Wildman–Crippen MR) is 81.7 cm³/mol. The summed E-state index contributed by atoms with van der Waals surface area (Å²) in [5.74, 6) is 0.729. The van der Waals surface area contributed by atoms with Crippen molar-refractivity contribution in [3.05, 3.63) is 52.4 Å². The number of rotatable bonds is 3. The molecule has 1 unspecified atom stereocenters. The minimum Gasteiger partial charge on any atom is -0.370 e. The Morgan fingerprint density at radius 3 is 3.00 bits per heavy atom. The zero-order valence-corrected chi connectivity index (χ0v) is 13.0. The van der Waals surface area contributed by atoms with Gasteiger partial charge in [-0.15, -0.1) is 0 Å². The molecule has 6 heteroatoms. The number of halogens is 1. The molecule has 0 radical (unpaired) electrons. The molecule has 116 valence electrons. The summed E-state index contributed by atoms with van der Waals surface area (Å²) in [5, 5.41) is 4.53. The third-order valence-electron chi connectivity index (χ3n) is 3.68. The van der Waals surface area contributed by atoms with Crippen molar-refractivity contribution in [2.24, 2.45) is 0 Å². The lowest BCUT2D eigenvalue weighted by Gasteiger charge is -2.33. The number of amides is 1. The Hall–Kier alpha value is -1.85. The van der Waals surface area contributed by atoms with Crippen LogP contribution in [0.5, 0.6) is 0 Å². The minimum atomic E-state index is -0.189. The topological polar surface area (TPSA) is 55.6 Å². The first-order chi connectivity index (χ1) is 10.6. The molecule has 1 aliphatic heterocycles. The van der Waals surface area contributed by atoms with Crippen molar-refractivity contribution in [2.45, 2.75) is 19.4 Å². The highest BCUT2D eigenvalue weighted by Crippen LogP contribution is 2.28. The number of hydrogen-bond donors (Lipinski definition) is 0. The molecule has 1 aromatic heterocycles. The number of hydrogen-bond acceptors (Lipinski definition) is 4. The molecule has 1 saturated heterocycles. The van der Waals surface area contributed by atoms with Crippen LogP contribution in [0.3, 0.4) is 0 Å². The van der Waals surface area contributed by atoms with Gasteiger partial charge >= 0.3 is 0 Å². The van der Waals surface area contributed by atoms with Crippen LogP contribution < -0.4 is 0 Å². The molecule has 22 heavy (non-hydrogen) atoms. The number of aryl methyl sites for hydroxylation is 1. The van der Waals surface area contributed by atoms with E-state index >= 15 is 0 Å². The van der Waals surface area contributed by atoms with Crippen LogP contribution in [0.4, 0.5) is 0 Å². The van der Waals surface area contributed by atoms with Gasteiger partial charge in [0.15, 0.2) is 0 Å². The van der Waals surface area contributed by atoms with E-state index in [1.54, 1.807) is 11.0 Å². The van der Waals surface area contributed by atoms with Gasteiger partial charge in [-0.05, 0) is 13.0 Å².